The van der Waals surface area contributed by atoms with Gasteiger partial charge in [0.05, 0.1) is 13.2 Å². The number of ether oxygens (including phenoxy) is 1. The van der Waals surface area contributed by atoms with E-state index >= 15 is 0 Å². The van der Waals surface area contributed by atoms with Gasteiger partial charge in [-0.2, -0.15) is 0 Å². The highest BCUT2D eigenvalue weighted by atomic mass is 19.1. The normalized spacial score (nSPS) is 10.3. The Labute approximate surface area is 100.0 Å². The van der Waals surface area contributed by atoms with Crippen molar-refractivity contribution in [3.05, 3.63) is 35.1 Å². The van der Waals surface area contributed by atoms with Crippen molar-refractivity contribution >= 4 is 5.91 Å². The van der Waals surface area contributed by atoms with Crippen molar-refractivity contribution < 1.29 is 13.9 Å². The summed E-state index contributed by atoms with van der Waals surface area (Å²) in [6, 6.07) is 4.23. The van der Waals surface area contributed by atoms with Gasteiger partial charge in [0, 0.05) is 18.7 Å². The van der Waals surface area contributed by atoms with Gasteiger partial charge >= 0.3 is 0 Å². The zero-order chi connectivity index (χ0) is 12.7. The molecule has 0 aromatic heterocycles. The van der Waals surface area contributed by atoms with Gasteiger partial charge in [-0.25, -0.2) is 4.39 Å². The van der Waals surface area contributed by atoms with Gasteiger partial charge in [-0.05, 0) is 30.7 Å². The zero-order valence-corrected chi connectivity index (χ0v) is 9.83. The first-order valence-corrected chi connectivity index (χ1v) is 5.46. The molecular weight excluding hydrogens is 223 g/mol. The number of rotatable bonds is 6. The summed E-state index contributed by atoms with van der Waals surface area (Å²) in [5.41, 5.74) is 6.28. The van der Waals surface area contributed by atoms with E-state index in [1.165, 1.54) is 12.1 Å². The summed E-state index contributed by atoms with van der Waals surface area (Å²) in [4.78, 5) is 11.6. The number of aryl methyl sites for hydroxylation is 1. The average molecular weight is 240 g/mol. The third-order valence-corrected chi connectivity index (χ3v) is 2.10. The Morgan fingerprint density at radius 3 is 2.82 bits per heavy atom. The van der Waals surface area contributed by atoms with Crippen molar-refractivity contribution in [2.24, 2.45) is 5.73 Å². The van der Waals surface area contributed by atoms with Crippen LogP contribution in [0.4, 0.5) is 4.39 Å². The number of carbonyl (C=O) groups excluding carboxylic acids is 1. The first kappa shape index (κ1) is 13.6. The molecule has 94 valence electrons. The molecule has 1 amide bonds. The van der Waals surface area contributed by atoms with Crippen molar-refractivity contribution in [1.82, 2.24) is 5.32 Å². The maximum Gasteiger partial charge on any atom is 0.251 e. The number of nitrogens with one attached hydrogen (secondary N) is 1. The lowest BCUT2D eigenvalue weighted by Gasteiger charge is -2.06. The van der Waals surface area contributed by atoms with Crippen LogP contribution in [0.3, 0.4) is 0 Å². The highest BCUT2D eigenvalue weighted by molar-refractivity contribution is 5.94. The van der Waals surface area contributed by atoms with E-state index in [-0.39, 0.29) is 5.91 Å². The number of carbonyl (C=O) groups is 1. The summed E-state index contributed by atoms with van der Waals surface area (Å²) in [5.74, 6) is -0.710. The van der Waals surface area contributed by atoms with E-state index in [0.29, 0.717) is 31.9 Å². The Kier molecular flexibility index (Phi) is 5.59. The molecule has 3 N–H and O–H groups in total. The van der Waals surface area contributed by atoms with Gasteiger partial charge in [-0.15, -0.1) is 0 Å². The molecule has 0 spiro atoms. The molecular formula is C12H17FN2O2. The minimum atomic E-state index is -0.408. The maximum atomic E-state index is 13.1. The van der Waals surface area contributed by atoms with Crippen molar-refractivity contribution in [2.45, 2.75) is 6.92 Å². The fourth-order valence-corrected chi connectivity index (χ4v) is 1.39. The van der Waals surface area contributed by atoms with E-state index in [1.54, 1.807) is 13.0 Å². The highest BCUT2D eigenvalue weighted by Gasteiger charge is 2.06. The molecule has 1 aromatic rings. The third-order valence-electron chi connectivity index (χ3n) is 2.10. The van der Waals surface area contributed by atoms with Crippen LogP contribution in [0.25, 0.3) is 0 Å². The summed E-state index contributed by atoms with van der Waals surface area (Å²) in [6.45, 7) is 3.45. The molecule has 0 bridgehead atoms. The molecule has 0 saturated carbocycles. The van der Waals surface area contributed by atoms with Crippen LogP contribution in [-0.2, 0) is 4.74 Å². The molecule has 0 unspecified atom stereocenters. The molecule has 0 aliphatic rings. The fraction of sp³-hybridized carbons (Fsp3) is 0.417. The standard InChI is InChI=1S/C12H17FN2O2/c1-9-6-10(8-11(13)7-9)12(16)15-3-5-17-4-2-14/h6-8H,2-5,14H2,1H3,(H,15,16). The first-order valence-electron chi connectivity index (χ1n) is 5.46. The average Bonchev–Trinajstić information content (AvgIpc) is 2.27. The largest absolute Gasteiger partial charge is 0.378 e. The lowest BCUT2D eigenvalue weighted by molar-refractivity contribution is 0.0919. The number of hydrogen-bond donors (Lipinski definition) is 2. The molecule has 0 aliphatic heterocycles. The Hall–Kier alpha value is -1.46. The molecule has 0 fully saturated rings. The Bertz CT molecular complexity index is 363. The molecule has 1 rings (SSSR count). The van der Waals surface area contributed by atoms with Crippen molar-refractivity contribution in [3.63, 3.8) is 0 Å². The number of benzene rings is 1. The monoisotopic (exact) mass is 240 g/mol. The van der Waals surface area contributed by atoms with Crippen molar-refractivity contribution in [1.29, 1.82) is 0 Å². The summed E-state index contributed by atoms with van der Waals surface area (Å²) in [7, 11) is 0. The topological polar surface area (TPSA) is 64.3 Å². The number of amides is 1. The van der Waals surface area contributed by atoms with E-state index in [0.717, 1.165) is 5.56 Å². The van der Waals surface area contributed by atoms with E-state index < -0.39 is 5.82 Å². The van der Waals surface area contributed by atoms with Crippen molar-refractivity contribution in [2.75, 3.05) is 26.3 Å². The van der Waals surface area contributed by atoms with Crippen LogP contribution in [-0.4, -0.2) is 32.2 Å². The summed E-state index contributed by atoms with van der Waals surface area (Å²) < 4.78 is 18.2. The molecule has 17 heavy (non-hydrogen) atoms. The minimum Gasteiger partial charge on any atom is -0.378 e. The lowest BCUT2D eigenvalue weighted by Crippen LogP contribution is -2.28. The maximum absolute atomic E-state index is 13.1. The van der Waals surface area contributed by atoms with Gasteiger partial charge in [0.15, 0.2) is 0 Å². The van der Waals surface area contributed by atoms with Crippen LogP contribution < -0.4 is 11.1 Å². The van der Waals surface area contributed by atoms with E-state index in [1.807, 2.05) is 0 Å². The van der Waals surface area contributed by atoms with Crippen LogP contribution in [0.1, 0.15) is 15.9 Å². The van der Waals surface area contributed by atoms with Gasteiger partial charge in [0.25, 0.3) is 5.91 Å². The Morgan fingerprint density at radius 2 is 2.18 bits per heavy atom. The highest BCUT2D eigenvalue weighted by Crippen LogP contribution is 2.07. The molecule has 0 saturated heterocycles. The number of halogens is 1. The Morgan fingerprint density at radius 1 is 1.41 bits per heavy atom. The molecule has 5 heteroatoms. The predicted octanol–water partition coefficient (Wildman–Crippen LogP) is 0.839. The van der Waals surface area contributed by atoms with E-state index in [9.17, 15) is 9.18 Å². The molecule has 4 nitrogen and oxygen atoms in total. The second-order valence-corrected chi connectivity index (χ2v) is 3.67. The van der Waals surface area contributed by atoms with Gasteiger partial charge < -0.3 is 15.8 Å². The molecule has 1 aromatic carbocycles. The van der Waals surface area contributed by atoms with Crippen LogP contribution >= 0.6 is 0 Å². The summed E-state index contributed by atoms with van der Waals surface area (Å²) in [6.07, 6.45) is 0. The fourth-order valence-electron chi connectivity index (χ4n) is 1.39. The molecule has 0 radical (unpaired) electrons. The van der Waals surface area contributed by atoms with Crippen LogP contribution in [0.2, 0.25) is 0 Å². The first-order chi connectivity index (χ1) is 8.13. The lowest BCUT2D eigenvalue weighted by atomic mass is 10.1. The zero-order valence-electron chi connectivity index (χ0n) is 9.83. The molecule has 0 aliphatic carbocycles. The van der Waals surface area contributed by atoms with Gasteiger partial charge in [0.1, 0.15) is 5.82 Å². The smallest absolute Gasteiger partial charge is 0.251 e. The number of nitrogens with two attached hydrogens (primary N) is 1. The minimum absolute atomic E-state index is 0.302. The summed E-state index contributed by atoms with van der Waals surface area (Å²) >= 11 is 0. The molecule has 0 atom stereocenters. The van der Waals surface area contributed by atoms with Crippen LogP contribution in [0, 0.1) is 12.7 Å². The Balaban J connectivity index is 2.41. The van der Waals surface area contributed by atoms with Crippen LogP contribution in [0.5, 0.6) is 0 Å². The SMILES string of the molecule is Cc1cc(F)cc(C(=O)NCCOCCN)c1. The van der Waals surface area contributed by atoms with Gasteiger partial charge in [-0.1, -0.05) is 0 Å². The van der Waals surface area contributed by atoms with Crippen molar-refractivity contribution in [3.8, 4) is 0 Å². The van der Waals surface area contributed by atoms with E-state index in [2.05, 4.69) is 5.32 Å². The third kappa shape index (κ3) is 4.93. The number of hydrogen-bond acceptors (Lipinski definition) is 3. The molecule has 0 heterocycles. The van der Waals surface area contributed by atoms with E-state index in [4.69, 9.17) is 10.5 Å². The quantitative estimate of drug-likeness (QED) is 0.724. The van der Waals surface area contributed by atoms with Gasteiger partial charge in [-0.3, -0.25) is 4.79 Å². The predicted molar refractivity (Wildman–Crippen MR) is 63.3 cm³/mol. The second-order valence-electron chi connectivity index (χ2n) is 3.67. The second kappa shape index (κ2) is 6.98. The van der Waals surface area contributed by atoms with Gasteiger partial charge in [0.2, 0.25) is 0 Å². The van der Waals surface area contributed by atoms with Crippen LogP contribution in [0.15, 0.2) is 18.2 Å². The summed E-state index contributed by atoms with van der Waals surface area (Å²) in [5, 5.41) is 2.64.